The third-order valence-electron chi connectivity index (χ3n) is 3.30. The Labute approximate surface area is 136 Å². The molecule has 1 aliphatic heterocycles. The molecular weight excluding hydrogens is 364 g/mol. The molecule has 1 atom stereocenters. The molecule has 1 aromatic rings. The van der Waals surface area contributed by atoms with Crippen LogP contribution in [0.15, 0.2) is 11.0 Å². The first-order valence-corrected chi connectivity index (χ1v) is 9.11. The van der Waals surface area contributed by atoms with Gasteiger partial charge >= 0.3 is 0 Å². The van der Waals surface area contributed by atoms with Gasteiger partial charge in [-0.15, -0.1) is 0 Å². The summed E-state index contributed by atoms with van der Waals surface area (Å²) in [6.45, 7) is 2.98. The lowest BCUT2D eigenvalue weighted by Gasteiger charge is -2.18. The molecule has 1 heterocycles. The lowest BCUT2D eigenvalue weighted by Crippen LogP contribution is -2.29. The molecule has 2 rings (SSSR count). The average molecular weight is 375 g/mol. The molecule has 0 saturated carbocycles. The van der Waals surface area contributed by atoms with Gasteiger partial charge in [-0.05, 0) is 18.4 Å². The molecule has 0 N–H and O–H groups in total. The highest BCUT2D eigenvalue weighted by molar-refractivity contribution is 8.14. The van der Waals surface area contributed by atoms with Gasteiger partial charge < -0.3 is 4.90 Å². The van der Waals surface area contributed by atoms with Crippen molar-refractivity contribution in [3.05, 3.63) is 27.5 Å². The second-order valence-corrected chi connectivity index (χ2v) is 8.20. The van der Waals surface area contributed by atoms with Crippen LogP contribution in [0, 0.1) is 11.7 Å². The summed E-state index contributed by atoms with van der Waals surface area (Å²) in [6.07, 6.45) is 0.820. The van der Waals surface area contributed by atoms with Crippen molar-refractivity contribution >= 4 is 48.8 Å². The Bertz CT molecular complexity index is 708. The fourth-order valence-corrected chi connectivity index (χ4v) is 4.61. The second-order valence-electron chi connectivity index (χ2n) is 4.95. The van der Waals surface area contributed by atoms with Gasteiger partial charge in [0.2, 0.25) is 0 Å². The summed E-state index contributed by atoms with van der Waals surface area (Å²) in [5.74, 6) is -1.28. The fraction of sp³-hybridized carbons (Fsp3) is 0.417. The Morgan fingerprint density at radius 1 is 1.38 bits per heavy atom. The summed E-state index contributed by atoms with van der Waals surface area (Å²) >= 11 is 11.5. The Morgan fingerprint density at radius 3 is 2.48 bits per heavy atom. The second kappa shape index (κ2) is 5.91. The van der Waals surface area contributed by atoms with Crippen LogP contribution in [-0.2, 0) is 9.05 Å². The van der Waals surface area contributed by atoms with Gasteiger partial charge in [-0.1, -0.05) is 30.1 Å². The number of nitrogens with zero attached hydrogens (tertiary/aromatic N) is 1. The summed E-state index contributed by atoms with van der Waals surface area (Å²) < 4.78 is 36.7. The zero-order valence-corrected chi connectivity index (χ0v) is 14.0. The van der Waals surface area contributed by atoms with E-state index in [1.54, 1.807) is 0 Å². The molecule has 116 valence electrons. The smallest absolute Gasteiger partial charge is 0.264 e. The lowest BCUT2D eigenvalue weighted by molar-refractivity contribution is 0.0787. The van der Waals surface area contributed by atoms with Gasteiger partial charge in [0.15, 0.2) is 0 Å². The maximum absolute atomic E-state index is 13.8. The van der Waals surface area contributed by atoms with Gasteiger partial charge in [-0.25, -0.2) is 12.8 Å². The van der Waals surface area contributed by atoms with E-state index < -0.39 is 35.7 Å². The monoisotopic (exact) mass is 373 g/mol. The third-order valence-corrected chi connectivity index (χ3v) is 5.65. The SMILES string of the molecule is CC1CCN(C(=O)c2cc(F)c(Cl)c(S(=O)(=O)Cl)c2Cl)C1. The Hall–Kier alpha value is -0.560. The molecule has 1 unspecified atom stereocenters. The molecule has 9 heteroatoms. The summed E-state index contributed by atoms with van der Waals surface area (Å²) in [7, 11) is 0.833. The topological polar surface area (TPSA) is 54.5 Å². The predicted molar refractivity (Wildman–Crippen MR) is 79.1 cm³/mol. The van der Waals surface area contributed by atoms with Gasteiger partial charge in [0.25, 0.3) is 15.0 Å². The van der Waals surface area contributed by atoms with E-state index in [9.17, 15) is 17.6 Å². The molecule has 1 fully saturated rings. The Morgan fingerprint density at radius 2 is 2.00 bits per heavy atom. The number of carbonyl (C=O) groups is 1. The maximum Gasteiger partial charge on any atom is 0.264 e. The van der Waals surface area contributed by atoms with Gasteiger partial charge in [0.1, 0.15) is 10.7 Å². The van der Waals surface area contributed by atoms with E-state index >= 15 is 0 Å². The summed E-state index contributed by atoms with van der Waals surface area (Å²) in [6, 6.07) is 0.835. The highest BCUT2D eigenvalue weighted by atomic mass is 35.7. The molecule has 1 amide bonds. The van der Waals surface area contributed by atoms with E-state index in [0.717, 1.165) is 12.5 Å². The van der Waals surface area contributed by atoms with Crippen LogP contribution in [0.2, 0.25) is 10.0 Å². The van der Waals surface area contributed by atoms with E-state index in [0.29, 0.717) is 19.0 Å². The van der Waals surface area contributed by atoms with E-state index in [1.165, 1.54) is 4.90 Å². The fourth-order valence-electron chi connectivity index (χ4n) is 2.24. The van der Waals surface area contributed by atoms with Crippen LogP contribution >= 0.6 is 33.9 Å². The van der Waals surface area contributed by atoms with E-state index in [2.05, 4.69) is 0 Å². The minimum Gasteiger partial charge on any atom is -0.338 e. The molecule has 1 saturated heterocycles. The molecule has 0 spiro atoms. The standard InChI is InChI=1S/C12H11Cl3FNO3S/c1-6-2-3-17(5-6)12(18)7-4-8(16)10(14)11(9(7)13)21(15,19)20/h4,6H,2-3,5H2,1H3. The van der Waals surface area contributed by atoms with Crippen LogP contribution in [0.4, 0.5) is 4.39 Å². The van der Waals surface area contributed by atoms with Crippen molar-refractivity contribution in [1.29, 1.82) is 0 Å². The predicted octanol–water partition coefficient (Wildman–Crippen LogP) is 3.54. The van der Waals surface area contributed by atoms with Crippen molar-refractivity contribution in [2.45, 2.75) is 18.2 Å². The number of halogens is 4. The van der Waals surface area contributed by atoms with Crippen LogP contribution in [0.1, 0.15) is 23.7 Å². The number of carbonyl (C=O) groups excluding carboxylic acids is 1. The first-order valence-electron chi connectivity index (χ1n) is 6.04. The van der Waals surface area contributed by atoms with Gasteiger partial charge in [0, 0.05) is 23.8 Å². The number of amides is 1. The molecule has 0 aliphatic carbocycles. The van der Waals surface area contributed by atoms with Crippen molar-refractivity contribution in [3.63, 3.8) is 0 Å². The van der Waals surface area contributed by atoms with Gasteiger partial charge in [0.05, 0.1) is 15.6 Å². The highest BCUT2D eigenvalue weighted by Crippen LogP contribution is 2.37. The van der Waals surface area contributed by atoms with Crippen LogP contribution in [0.25, 0.3) is 0 Å². The molecular formula is C12H11Cl3FNO3S. The largest absolute Gasteiger partial charge is 0.338 e. The van der Waals surface area contributed by atoms with Crippen molar-refractivity contribution in [2.24, 2.45) is 5.92 Å². The number of hydrogen-bond donors (Lipinski definition) is 0. The minimum atomic E-state index is -4.38. The van der Waals surface area contributed by atoms with Crippen molar-refractivity contribution in [2.75, 3.05) is 13.1 Å². The summed E-state index contributed by atoms with van der Waals surface area (Å²) in [5.41, 5.74) is -0.258. The van der Waals surface area contributed by atoms with Crippen molar-refractivity contribution in [1.82, 2.24) is 4.90 Å². The van der Waals surface area contributed by atoms with Crippen molar-refractivity contribution in [3.8, 4) is 0 Å². The number of rotatable bonds is 2. The van der Waals surface area contributed by atoms with Gasteiger partial charge in [-0.2, -0.15) is 0 Å². The first-order chi connectivity index (χ1) is 9.62. The third kappa shape index (κ3) is 3.28. The number of hydrogen-bond acceptors (Lipinski definition) is 3. The zero-order chi connectivity index (χ0) is 15.9. The molecule has 1 aliphatic rings. The van der Waals surface area contributed by atoms with Crippen LogP contribution in [0.3, 0.4) is 0 Å². The maximum atomic E-state index is 13.8. The summed E-state index contributed by atoms with van der Waals surface area (Å²) in [4.78, 5) is 13.1. The molecule has 0 bridgehead atoms. The number of benzene rings is 1. The van der Waals surface area contributed by atoms with E-state index in [-0.39, 0.29) is 5.56 Å². The zero-order valence-electron chi connectivity index (χ0n) is 10.9. The summed E-state index contributed by atoms with van der Waals surface area (Å²) in [5, 5.41) is -1.18. The minimum absolute atomic E-state index is 0.258. The average Bonchev–Trinajstić information content (AvgIpc) is 2.78. The molecule has 1 aromatic carbocycles. The molecule has 4 nitrogen and oxygen atoms in total. The molecule has 21 heavy (non-hydrogen) atoms. The van der Waals surface area contributed by atoms with E-state index in [4.69, 9.17) is 33.9 Å². The normalized spacial score (nSPS) is 19.1. The Kier molecular flexibility index (Phi) is 4.73. The highest BCUT2D eigenvalue weighted by Gasteiger charge is 2.31. The van der Waals surface area contributed by atoms with Crippen LogP contribution in [0.5, 0.6) is 0 Å². The number of likely N-dealkylation sites (tertiary alicyclic amines) is 1. The van der Waals surface area contributed by atoms with Crippen LogP contribution < -0.4 is 0 Å². The Balaban J connectivity index is 2.56. The quantitative estimate of drug-likeness (QED) is 0.588. The lowest BCUT2D eigenvalue weighted by atomic mass is 10.1. The van der Waals surface area contributed by atoms with Crippen LogP contribution in [-0.4, -0.2) is 32.3 Å². The van der Waals surface area contributed by atoms with Gasteiger partial charge in [-0.3, -0.25) is 4.79 Å². The van der Waals surface area contributed by atoms with Crippen molar-refractivity contribution < 1.29 is 17.6 Å². The molecule has 0 radical (unpaired) electrons. The first kappa shape index (κ1) is 16.8. The van der Waals surface area contributed by atoms with E-state index in [1.807, 2.05) is 6.92 Å². The molecule has 0 aromatic heterocycles.